The minimum absolute atomic E-state index is 0.0641. The van der Waals surface area contributed by atoms with Gasteiger partial charge >= 0.3 is 0 Å². The highest BCUT2D eigenvalue weighted by Gasteiger charge is 2.10. The molecule has 5 nitrogen and oxygen atoms in total. The second-order valence-corrected chi connectivity index (χ2v) is 6.36. The average molecular weight is 304 g/mol. The summed E-state index contributed by atoms with van der Waals surface area (Å²) in [6.07, 6.45) is 2.33. The summed E-state index contributed by atoms with van der Waals surface area (Å²) in [5, 5.41) is 5.94. The van der Waals surface area contributed by atoms with E-state index in [0.29, 0.717) is 24.3 Å². The van der Waals surface area contributed by atoms with Crippen molar-refractivity contribution in [1.29, 1.82) is 0 Å². The number of carbonyl (C=O) groups excluding carboxylic acids is 1. The summed E-state index contributed by atoms with van der Waals surface area (Å²) in [5.74, 6) is 0.329. The molecule has 0 spiro atoms. The maximum Gasteiger partial charge on any atom is 0.251 e. The maximum absolute atomic E-state index is 11.9. The number of nitrogens with one attached hydrogen (secondary N) is 2. The lowest BCUT2D eigenvalue weighted by atomic mass is 10.2. The van der Waals surface area contributed by atoms with E-state index in [1.807, 2.05) is 6.92 Å². The lowest BCUT2D eigenvalue weighted by Gasteiger charge is -2.10. The van der Waals surface area contributed by atoms with Gasteiger partial charge in [0, 0.05) is 41.5 Å². The highest BCUT2D eigenvalue weighted by molar-refractivity contribution is 7.84. The Bertz CT molecular complexity index is 482. The van der Waals surface area contributed by atoms with E-state index in [4.69, 9.17) is 11.6 Å². The number of anilines is 1. The lowest BCUT2D eigenvalue weighted by Crippen LogP contribution is -2.27. The number of nitrogens with zero attached hydrogens (tertiary/aromatic N) is 1. The first-order valence-corrected chi connectivity index (χ1v) is 7.89. The lowest BCUT2D eigenvalue weighted by molar-refractivity contribution is 0.0953. The molecule has 2 N–H and O–H groups in total. The molecule has 1 aromatic heterocycles. The van der Waals surface area contributed by atoms with Crippen molar-refractivity contribution in [2.24, 2.45) is 0 Å². The second-order valence-electron chi connectivity index (χ2n) is 4.17. The zero-order valence-corrected chi connectivity index (χ0v) is 12.8. The van der Waals surface area contributed by atoms with E-state index < -0.39 is 10.8 Å². The van der Waals surface area contributed by atoms with Crippen LogP contribution in [-0.4, -0.2) is 40.2 Å². The standard InChI is InChI=1S/C12H18ClN3O2S/c1-8(19(3)18)4-5-15-12(17)9-6-10(13)16-11(7-9)14-2/h6-8H,4-5H2,1-3H3,(H,14,16)(H,15,17). The third kappa shape index (κ3) is 5.16. The van der Waals surface area contributed by atoms with Crippen molar-refractivity contribution in [3.63, 3.8) is 0 Å². The Balaban J connectivity index is 2.58. The molecule has 0 saturated carbocycles. The highest BCUT2D eigenvalue weighted by atomic mass is 35.5. The molecule has 1 heterocycles. The molecular formula is C12H18ClN3O2S. The zero-order valence-electron chi connectivity index (χ0n) is 11.2. The Morgan fingerprint density at radius 1 is 1.53 bits per heavy atom. The number of aromatic nitrogens is 1. The number of carbonyl (C=O) groups is 1. The molecule has 19 heavy (non-hydrogen) atoms. The topological polar surface area (TPSA) is 71.1 Å². The van der Waals surface area contributed by atoms with Crippen molar-refractivity contribution in [2.45, 2.75) is 18.6 Å². The van der Waals surface area contributed by atoms with Crippen LogP contribution in [0.2, 0.25) is 5.15 Å². The van der Waals surface area contributed by atoms with Crippen LogP contribution >= 0.6 is 11.6 Å². The van der Waals surface area contributed by atoms with Crippen molar-refractivity contribution in [1.82, 2.24) is 10.3 Å². The normalized spacial score (nSPS) is 13.7. The Kier molecular flexibility index (Phi) is 6.24. The summed E-state index contributed by atoms with van der Waals surface area (Å²) in [6, 6.07) is 3.14. The predicted molar refractivity (Wildman–Crippen MR) is 79.3 cm³/mol. The van der Waals surface area contributed by atoms with Crippen LogP contribution in [0.4, 0.5) is 5.82 Å². The Hall–Kier alpha value is -1.14. The first-order chi connectivity index (χ1) is 8.93. The highest BCUT2D eigenvalue weighted by Crippen LogP contribution is 2.14. The number of hydrogen-bond acceptors (Lipinski definition) is 4. The molecule has 0 aliphatic carbocycles. The van der Waals surface area contributed by atoms with Gasteiger partial charge in [-0.1, -0.05) is 18.5 Å². The van der Waals surface area contributed by atoms with Gasteiger partial charge < -0.3 is 10.6 Å². The van der Waals surface area contributed by atoms with Crippen molar-refractivity contribution in [3.05, 3.63) is 22.8 Å². The van der Waals surface area contributed by atoms with Crippen LogP contribution < -0.4 is 10.6 Å². The molecule has 1 aromatic rings. The number of amides is 1. The average Bonchev–Trinajstić information content (AvgIpc) is 2.37. The van der Waals surface area contributed by atoms with Crippen LogP contribution in [0, 0.1) is 0 Å². The van der Waals surface area contributed by atoms with Gasteiger partial charge in [0.05, 0.1) is 0 Å². The minimum Gasteiger partial charge on any atom is -0.373 e. The fourth-order valence-corrected chi connectivity index (χ4v) is 2.07. The van der Waals surface area contributed by atoms with E-state index in [-0.39, 0.29) is 16.3 Å². The third-order valence-corrected chi connectivity index (χ3v) is 4.28. The van der Waals surface area contributed by atoms with Gasteiger partial charge in [-0.15, -0.1) is 0 Å². The van der Waals surface area contributed by atoms with E-state index in [1.165, 1.54) is 6.07 Å². The Morgan fingerprint density at radius 2 is 2.21 bits per heavy atom. The summed E-state index contributed by atoms with van der Waals surface area (Å²) in [5.41, 5.74) is 0.453. The van der Waals surface area contributed by atoms with Crippen LogP contribution in [0.5, 0.6) is 0 Å². The minimum atomic E-state index is -0.871. The molecule has 2 atom stereocenters. The maximum atomic E-state index is 11.9. The molecule has 0 saturated heterocycles. The van der Waals surface area contributed by atoms with Crippen LogP contribution in [-0.2, 0) is 10.8 Å². The molecule has 0 radical (unpaired) electrons. The summed E-state index contributed by atoms with van der Waals surface area (Å²) < 4.78 is 11.2. The number of halogens is 1. The van der Waals surface area contributed by atoms with E-state index >= 15 is 0 Å². The number of pyridine rings is 1. The summed E-state index contributed by atoms with van der Waals surface area (Å²) in [4.78, 5) is 15.9. The van der Waals surface area contributed by atoms with Gasteiger partial charge in [0.15, 0.2) is 0 Å². The SMILES string of the molecule is CNc1cc(C(=O)NCCC(C)S(C)=O)cc(Cl)n1. The molecule has 2 unspecified atom stereocenters. The number of hydrogen-bond donors (Lipinski definition) is 2. The van der Waals surface area contributed by atoms with Gasteiger partial charge in [0.25, 0.3) is 5.91 Å². The third-order valence-electron chi connectivity index (χ3n) is 2.72. The molecule has 0 fully saturated rings. The molecule has 0 bridgehead atoms. The molecule has 1 rings (SSSR count). The largest absolute Gasteiger partial charge is 0.373 e. The van der Waals surface area contributed by atoms with Crippen LogP contribution in [0.25, 0.3) is 0 Å². The van der Waals surface area contributed by atoms with Gasteiger partial charge in [-0.05, 0) is 18.6 Å². The molecule has 0 aliphatic heterocycles. The Labute approximate surface area is 120 Å². The molecule has 7 heteroatoms. The van der Waals surface area contributed by atoms with Crippen LogP contribution in [0.3, 0.4) is 0 Å². The fourth-order valence-electron chi connectivity index (χ4n) is 1.41. The van der Waals surface area contributed by atoms with Gasteiger partial charge in [-0.2, -0.15) is 0 Å². The van der Waals surface area contributed by atoms with E-state index in [2.05, 4.69) is 15.6 Å². The van der Waals surface area contributed by atoms with Crippen LogP contribution in [0.1, 0.15) is 23.7 Å². The van der Waals surface area contributed by atoms with Crippen LogP contribution in [0.15, 0.2) is 12.1 Å². The molecule has 106 valence electrons. The van der Waals surface area contributed by atoms with E-state index in [1.54, 1.807) is 19.4 Å². The molecule has 0 aliphatic rings. The second kappa shape index (κ2) is 7.45. The summed E-state index contributed by atoms with van der Waals surface area (Å²) in [7, 11) is 0.836. The van der Waals surface area contributed by atoms with Crippen molar-refractivity contribution in [3.8, 4) is 0 Å². The van der Waals surface area contributed by atoms with Gasteiger partial charge in [0.2, 0.25) is 0 Å². The smallest absolute Gasteiger partial charge is 0.251 e. The Morgan fingerprint density at radius 3 is 2.79 bits per heavy atom. The zero-order chi connectivity index (χ0) is 14.4. The predicted octanol–water partition coefficient (Wildman–Crippen LogP) is 1.66. The van der Waals surface area contributed by atoms with Gasteiger partial charge in [-0.25, -0.2) is 4.98 Å². The summed E-state index contributed by atoms with van der Waals surface area (Å²) in [6.45, 7) is 2.37. The number of rotatable bonds is 6. The first kappa shape index (κ1) is 15.9. The van der Waals surface area contributed by atoms with Gasteiger partial charge in [-0.3, -0.25) is 9.00 Å². The van der Waals surface area contributed by atoms with E-state index in [0.717, 1.165) is 0 Å². The molecular weight excluding hydrogens is 286 g/mol. The van der Waals surface area contributed by atoms with Crippen molar-refractivity contribution < 1.29 is 9.00 Å². The van der Waals surface area contributed by atoms with Crippen molar-refractivity contribution >= 4 is 34.1 Å². The first-order valence-electron chi connectivity index (χ1n) is 5.89. The van der Waals surface area contributed by atoms with Crippen molar-refractivity contribution in [2.75, 3.05) is 25.2 Å². The monoisotopic (exact) mass is 303 g/mol. The fraction of sp³-hybridized carbons (Fsp3) is 0.500. The summed E-state index contributed by atoms with van der Waals surface area (Å²) >= 11 is 5.83. The molecule has 1 amide bonds. The molecule has 0 aromatic carbocycles. The van der Waals surface area contributed by atoms with E-state index in [9.17, 15) is 9.00 Å². The van der Waals surface area contributed by atoms with Gasteiger partial charge in [0.1, 0.15) is 11.0 Å². The quantitative estimate of drug-likeness (QED) is 0.784.